The summed E-state index contributed by atoms with van der Waals surface area (Å²) >= 11 is 6.98. The van der Waals surface area contributed by atoms with E-state index in [0.29, 0.717) is 46.8 Å². The number of carbonyl (C=O) groups excluding carboxylic acids is 1. The molecule has 10 heteroatoms. The second-order valence-electron chi connectivity index (χ2n) is 7.11. The van der Waals surface area contributed by atoms with E-state index in [-0.39, 0.29) is 0 Å². The van der Waals surface area contributed by atoms with Gasteiger partial charge in [-0.3, -0.25) is 0 Å². The number of nitrogens with zero attached hydrogens (tertiary/aromatic N) is 2. The minimum Gasteiger partial charge on any atom is -0.465 e. The Morgan fingerprint density at radius 1 is 1.10 bits per heavy atom. The quantitative estimate of drug-likeness (QED) is 0.547. The monoisotopic (exact) mass is 467 g/mol. The van der Waals surface area contributed by atoms with Gasteiger partial charge in [-0.25, -0.2) is 13.2 Å². The fourth-order valence-electron chi connectivity index (χ4n) is 3.23. The van der Waals surface area contributed by atoms with Crippen LogP contribution in [0.5, 0.6) is 0 Å². The number of anilines is 1. The maximum absolute atomic E-state index is 12.9. The van der Waals surface area contributed by atoms with Crippen molar-refractivity contribution in [1.29, 1.82) is 0 Å². The lowest BCUT2D eigenvalue weighted by atomic mass is 10.1. The molecular weight excluding hydrogens is 442 g/mol. The zero-order valence-electron chi connectivity index (χ0n) is 17.4. The number of methoxy groups -OCH3 is 1. The van der Waals surface area contributed by atoms with Crippen LogP contribution >= 0.6 is 23.6 Å². The highest BCUT2D eigenvalue weighted by Gasteiger charge is 2.30. The van der Waals surface area contributed by atoms with Crippen molar-refractivity contribution in [2.24, 2.45) is 0 Å². The number of hydrogen-bond acceptors (Lipinski definition) is 6. The number of thiocarbonyl (C=S) groups is 1. The van der Waals surface area contributed by atoms with Crippen LogP contribution < -0.4 is 5.32 Å². The number of ether oxygens (including phenoxy) is 1. The van der Waals surface area contributed by atoms with Gasteiger partial charge in [0.1, 0.15) is 5.00 Å². The van der Waals surface area contributed by atoms with Crippen molar-refractivity contribution < 1.29 is 17.9 Å². The Morgan fingerprint density at radius 2 is 1.70 bits per heavy atom. The second kappa shape index (κ2) is 9.01. The summed E-state index contributed by atoms with van der Waals surface area (Å²) in [5.74, 6) is -0.406. The van der Waals surface area contributed by atoms with Crippen molar-refractivity contribution in [2.75, 3.05) is 38.6 Å². The SMILES string of the molecule is COC(=O)c1c(NC(=S)N2CCN(S(=O)(=O)c3ccc(C)cc3)CC2)sc(C)c1C. The highest BCUT2D eigenvalue weighted by Crippen LogP contribution is 2.33. The third kappa shape index (κ3) is 4.51. The molecule has 1 saturated heterocycles. The van der Waals surface area contributed by atoms with Crippen LogP contribution in [-0.2, 0) is 14.8 Å². The van der Waals surface area contributed by atoms with Gasteiger partial charge < -0.3 is 15.0 Å². The van der Waals surface area contributed by atoms with Gasteiger partial charge in [-0.2, -0.15) is 4.31 Å². The number of thiophene rings is 1. The summed E-state index contributed by atoms with van der Waals surface area (Å²) in [5, 5.41) is 4.27. The Balaban J connectivity index is 1.67. The van der Waals surface area contributed by atoms with Gasteiger partial charge in [0.15, 0.2) is 5.11 Å². The molecule has 7 nitrogen and oxygen atoms in total. The van der Waals surface area contributed by atoms with Crippen molar-refractivity contribution in [1.82, 2.24) is 9.21 Å². The highest BCUT2D eigenvalue weighted by molar-refractivity contribution is 7.89. The molecule has 162 valence electrons. The molecule has 0 aliphatic carbocycles. The fourth-order valence-corrected chi connectivity index (χ4v) is 6.05. The first-order valence-corrected chi connectivity index (χ1v) is 12.1. The molecule has 1 aromatic carbocycles. The fraction of sp³-hybridized carbons (Fsp3) is 0.400. The number of hydrogen-bond donors (Lipinski definition) is 1. The molecule has 0 saturated carbocycles. The Kier molecular flexibility index (Phi) is 6.81. The molecule has 1 aliphatic heterocycles. The van der Waals surface area contributed by atoms with E-state index in [1.54, 1.807) is 24.3 Å². The van der Waals surface area contributed by atoms with E-state index >= 15 is 0 Å². The van der Waals surface area contributed by atoms with Gasteiger partial charge >= 0.3 is 5.97 Å². The van der Waals surface area contributed by atoms with Crippen molar-refractivity contribution in [3.63, 3.8) is 0 Å². The number of nitrogens with one attached hydrogen (secondary N) is 1. The molecule has 30 heavy (non-hydrogen) atoms. The van der Waals surface area contributed by atoms with Gasteiger partial charge in [-0.15, -0.1) is 11.3 Å². The zero-order valence-corrected chi connectivity index (χ0v) is 19.8. The Bertz CT molecular complexity index is 1050. The first-order valence-electron chi connectivity index (χ1n) is 9.46. The lowest BCUT2D eigenvalue weighted by molar-refractivity contribution is 0.0601. The summed E-state index contributed by atoms with van der Waals surface area (Å²) in [6.45, 7) is 7.35. The molecule has 0 bridgehead atoms. The smallest absolute Gasteiger partial charge is 0.341 e. The molecule has 1 aromatic heterocycles. The van der Waals surface area contributed by atoms with Crippen LogP contribution in [0.15, 0.2) is 29.2 Å². The lowest BCUT2D eigenvalue weighted by Gasteiger charge is -2.35. The van der Waals surface area contributed by atoms with E-state index in [0.717, 1.165) is 16.0 Å². The molecule has 0 spiro atoms. The summed E-state index contributed by atoms with van der Waals surface area (Å²) in [7, 11) is -2.17. The predicted octanol–water partition coefficient (Wildman–Crippen LogP) is 3.16. The third-order valence-electron chi connectivity index (χ3n) is 5.18. The Morgan fingerprint density at radius 3 is 2.27 bits per heavy atom. The van der Waals surface area contributed by atoms with Gasteiger partial charge in [0.05, 0.1) is 17.6 Å². The maximum Gasteiger partial charge on any atom is 0.341 e. The Hall–Kier alpha value is -2.01. The van der Waals surface area contributed by atoms with Gasteiger partial charge in [0.2, 0.25) is 10.0 Å². The molecule has 1 N–H and O–H groups in total. The number of aryl methyl sites for hydroxylation is 2. The zero-order chi connectivity index (χ0) is 22.1. The summed E-state index contributed by atoms with van der Waals surface area (Å²) in [6.07, 6.45) is 0. The van der Waals surface area contributed by atoms with Crippen LogP contribution in [0.3, 0.4) is 0 Å². The number of carbonyl (C=O) groups is 1. The largest absolute Gasteiger partial charge is 0.465 e. The molecule has 2 aromatic rings. The number of rotatable bonds is 4. The number of esters is 1. The summed E-state index contributed by atoms with van der Waals surface area (Å²) in [6, 6.07) is 6.87. The van der Waals surface area contributed by atoms with E-state index in [9.17, 15) is 13.2 Å². The second-order valence-corrected chi connectivity index (χ2v) is 10.7. The van der Waals surface area contributed by atoms with Crippen LogP contribution in [-0.4, -0.2) is 62.0 Å². The van der Waals surface area contributed by atoms with E-state index in [2.05, 4.69) is 5.32 Å². The van der Waals surface area contributed by atoms with Gasteiger partial charge in [0.25, 0.3) is 0 Å². The van der Waals surface area contributed by atoms with Gasteiger partial charge in [-0.05, 0) is 50.7 Å². The number of piperazine rings is 1. The van der Waals surface area contributed by atoms with Crippen LogP contribution in [0, 0.1) is 20.8 Å². The first kappa shape index (κ1) is 22.7. The summed E-state index contributed by atoms with van der Waals surface area (Å²) in [4.78, 5) is 15.4. The number of sulfonamides is 1. The molecule has 2 heterocycles. The molecule has 0 unspecified atom stereocenters. The van der Waals surface area contributed by atoms with Crippen molar-refractivity contribution in [2.45, 2.75) is 25.7 Å². The molecular formula is C20H25N3O4S3. The normalized spacial score (nSPS) is 15.1. The van der Waals surface area contributed by atoms with Crippen molar-refractivity contribution in [3.05, 3.63) is 45.8 Å². The predicted molar refractivity (Wildman–Crippen MR) is 123 cm³/mol. The first-order chi connectivity index (χ1) is 14.1. The highest BCUT2D eigenvalue weighted by atomic mass is 32.2. The van der Waals surface area contributed by atoms with Crippen molar-refractivity contribution >= 4 is 49.7 Å². The van der Waals surface area contributed by atoms with Gasteiger partial charge in [0, 0.05) is 31.1 Å². The minimum atomic E-state index is -3.53. The minimum absolute atomic E-state index is 0.300. The van der Waals surface area contributed by atoms with E-state index in [1.807, 2.05) is 25.7 Å². The molecule has 0 amide bonds. The van der Waals surface area contributed by atoms with Crippen LogP contribution in [0.25, 0.3) is 0 Å². The van der Waals surface area contributed by atoms with Gasteiger partial charge in [-0.1, -0.05) is 17.7 Å². The van der Waals surface area contributed by atoms with Crippen molar-refractivity contribution in [3.8, 4) is 0 Å². The maximum atomic E-state index is 12.9. The summed E-state index contributed by atoms with van der Waals surface area (Å²) < 4.78 is 32.1. The lowest BCUT2D eigenvalue weighted by Crippen LogP contribution is -2.51. The van der Waals surface area contributed by atoms with E-state index in [4.69, 9.17) is 17.0 Å². The molecule has 1 aliphatic rings. The molecule has 3 rings (SSSR count). The van der Waals surface area contributed by atoms with Crippen LogP contribution in [0.4, 0.5) is 5.00 Å². The van der Waals surface area contributed by atoms with Crippen LogP contribution in [0.2, 0.25) is 0 Å². The van der Waals surface area contributed by atoms with E-state index < -0.39 is 16.0 Å². The number of benzene rings is 1. The average molecular weight is 468 g/mol. The molecule has 0 atom stereocenters. The Labute approximate surface area is 186 Å². The van der Waals surface area contributed by atoms with Crippen LogP contribution in [0.1, 0.15) is 26.4 Å². The van der Waals surface area contributed by atoms with E-state index in [1.165, 1.54) is 22.8 Å². The standard InChI is InChI=1S/C20H25N3O4S3/c1-13-5-7-16(8-6-13)30(25,26)23-11-9-22(10-12-23)20(28)21-18-17(19(24)27-4)14(2)15(3)29-18/h5-8H,9-12H2,1-4H3,(H,21,28). The topological polar surface area (TPSA) is 79.0 Å². The third-order valence-corrected chi connectivity index (χ3v) is 8.58. The molecule has 1 fully saturated rings. The summed E-state index contributed by atoms with van der Waals surface area (Å²) in [5.41, 5.74) is 2.37. The average Bonchev–Trinajstić information content (AvgIpc) is 3.01. The molecule has 0 radical (unpaired) electrons.